The number of benzene rings is 2. The SMILES string of the molecule is N#Cc1cc(Br)ccc1N=C1CCCCN1Cc1ccccc1. The molecule has 1 saturated heterocycles. The first kappa shape index (κ1) is 15.8. The molecule has 0 amide bonds. The fourth-order valence-electron chi connectivity index (χ4n) is 2.81. The van der Waals surface area contributed by atoms with Gasteiger partial charge < -0.3 is 4.90 Å². The van der Waals surface area contributed by atoms with E-state index in [0.29, 0.717) is 5.56 Å². The minimum Gasteiger partial charge on any atom is -0.356 e. The summed E-state index contributed by atoms with van der Waals surface area (Å²) in [5.74, 6) is 1.08. The van der Waals surface area contributed by atoms with Gasteiger partial charge in [0.15, 0.2) is 0 Å². The number of nitriles is 1. The van der Waals surface area contributed by atoms with Crippen LogP contribution in [-0.2, 0) is 6.54 Å². The molecule has 0 radical (unpaired) electrons. The highest BCUT2D eigenvalue weighted by atomic mass is 79.9. The fourth-order valence-corrected chi connectivity index (χ4v) is 3.17. The molecule has 4 heteroatoms. The van der Waals surface area contributed by atoms with E-state index < -0.39 is 0 Å². The highest BCUT2D eigenvalue weighted by Crippen LogP contribution is 2.25. The Kier molecular flexibility index (Phi) is 5.09. The van der Waals surface area contributed by atoms with Crippen molar-refractivity contribution in [2.45, 2.75) is 25.8 Å². The molecule has 1 aliphatic heterocycles. The van der Waals surface area contributed by atoms with Crippen LogP contribution in [0.2, 0.25) is 0 Å². The zero-order chi connectivity index (χ0) is 16.1. The highest BCUT2D eigenvalue weighted by Gasteiger charge is 2.17. The smallest absolute Gasteiger partial charge is 0.105 e. The van der Waals surface area contributed by atoms with Crippen LogP contribution in [0.1, 0.15) is 30.4 Å². The highest BCUT2D eigenvalue weighted by molar-refractivity contribution is 9.10. The first-order chi connectivity index (χ1) is 11.3. The fraction of sp³-hybridized carbons (Fsp3) is 0.263. The molecule has 1 aliphatic rings. The maximum atomic E-state index is 9.32. The molecular weight excluding hydrogens is 350 g/mol. The number of likely N-dealkylation sites (tertiary alicyclic amines) is 1. The molecule has 2 aromatic rings. The second kappa shape index (κ2) is 7.43. The maximum absolute atomic E-state index is 9.32. The van der Waals surface area contributed by atoms with E-state index in [1.165, 1.54) is 12.0 Å². The molecule has 0 aliphatic carbocycles. The lowest BCUT2D eigenvalue weighted by molar-refractivity contribution is 0.364. The molecule has 0 aromatic heterocycles. The Balaban J connectivity index is 1.88. The predicted octanol–water partition coefficient (Wildman–Crippen LogP) is 5.04. The summed E-state index contributed by atoms with van der Waals surface area (Å²) in [5, 5.41) is 9.32. The standard InChI is InChI=1S/C19H18BrN3/c20-17-9-10-18(16(12-17)13-21)22-19-8-4-5-11-23(19)14-15-6-2-1-3-7-15/h1-3,6-7,9-10,12H,4-5,8,11,14H2. The maximum Gasteiger partial charge on any atom is 0.105 e. The van der Waals surface area contributed by atoms with Gasteiger partial charge in [0.2, 0.25) is 0 Å². The molecule has 0 atom stereocenters. The van der Waals surface area contributed by atoms with Crippen molar-refractivity contribution in [3.8, 4) is 6.07 Å². The van der Waals surface area contributed by atoms with E-state index in [2.05, 4.69) is 51.2 Å². The lowest BCUT2D eigenvalue weighted by atomic mass is 10.1. The van der Waals surface area contributed by atoms with Crippen molar-refractivity contribution in [2.24, 2.45) is 4.99 Å². The molecule has 23 heavy (non-hydrogen) atoms. The Labute approximate surface area is 145 Å². The van der Waals surface area contributed by atoms with Crippen molar-refractivity contribution < 1.29 is 0 Å². The van der Waals surface area contributed by atoms with Gasteiger partial charge in [-0.25, -0.2) is 4.99 Å². The molecule has 0 N–H and O–H groups in total. The van der Waals surface area contributed by atoms with Gasteiger partial charge in [0, 0.05) is 24.0 Å². The molecule has 3 nitrogen and oxygen atoms in total. The minimum atomic E-state index is 0.608. The van der Waals surface area contributed by atoms with Gasteiger partial charge in [0.05, 0.1) is 11.3 Å². The van der Waals surface area contributed by atoms with Gasteiger partial charge in [-0.15, -0.1) is 0 Å². The third-order valence-corrected chi connectivity index (χ3v) is 4.48. The third kappa shape index (κ3) is 4.00. The zero-order valence-electron chi connectivity index (χ0n) is 12.9. The second-order valence-corrected chi connectivity index (χ2v) is 6.58. The summed E-state index contributed by atoms with van der Waals surface area (Å²) in [6.07, 6.45) is 3.31. The summed E-state index contributed by atoms with van der Waals surface area (Å²) >= 11 is 3.41. The average Bonchev–Trinajstić information content (AvgIpc) is 2.59. The molecule has 1 fully saturated rings. The van der Waals surface area contributed by atoms with Gasteiger partial charge in [-0.3, -0.25) is 0 Å². The van der Waals surface area contributed by atoms with Crippen molar-refractivity contribution in [1.29, 1.82) is 5.26 Å². The van der Waals surface area contributed by atoms with Gasteiger partial charge in [-0.05, 0) is 36.6 Å². The van der Waals surface area contributed by atoms with Crippen molar-refractivity contribution in [1.82, 2.24) is 4.90 Å². The van der Waals surface area contributed by atoms with Crippen LogP contribution in [0.4, 0.5) is 5.69 Å². The van der Waals surface area contributed by atoms with Gasteiger partial charge in [-0.1, -0.05) is 46.3 Å². The molecular formula is C19H18BrN3. The Morgan fingerprint density at radius 2 is 1.96 bits per heavy atom. The number of hydrogen-bond acceptors (Lipinski definition) is 2. The molecule has 0 spiro atoms. The van der Waals surface area contributed by atoms with Crippen LogP contribution in [0.5, 0.6) is 0 Å². The van der Waals surface area contributed by atoms with Gasteiger partial charge in [0.1, 0.15) is 11.9 Å². The van der Waals surface area contributed by atoms with Crippen LogP contribution >= 0.6 is 15.9 Å². The van der Waals surface area contributed by atoms with Crippen molar-refractivity contribution in [3.63, 3.8) is 0 Å². The summed E-state index contributed by atoms with van der Waals surface area (Å²) in [4.78, 5) is 7.14. The van der Waals surface area contributed by atoms with Crippen LogP contribution in [0.15, 0.2) is 58.0 Å². The zero-order valence-corrected chi connectivity index (χ0v) is 14.5. The van der Waals surface area contributed by atoms with E-state index in [1.807, 2.05) is 24.3 Å². The van der Waals surface area contributed by atoms with E-state index in [1.54, 1.807) is 0 Å². The quantitative estimate of drug-likeness (QED) is 0.762. The van der Waals surface area contributed by atoms with Gasteiger partial charge in [-0.2, -0.15) is 5.26 Å². The predicted molar refractivity (Wildman–Crippen MR) is 96.7 cm³/mol. The molecule has 116 valence electrons. The Bertz CT molecular complexity index is 747. The van der Waals surface area contributed by atoms with Crippen molar-refractivity contribution in [3.05, 3.63) is 64.1 Å². The molecule has 0 saturated carbocycles. The van der Waals surface area contributed by atoms with Gasteiger partial charge in [0.25, 0.3) is 0 Å². The largest absolute Gasteiger partial charge is 0.356 e. The third-order valence-electron chi connectivity index (χ3n) is 3.99. The number of piperidine rings is 1. The van der Waals surface area contributed by atoms with E-state index >= 15 is 0 Å². The summed E-state index contributed by atoms with van der Waals surface area (Å²) in [6, 6.07) is 18.4. The second-order valence-electron chi connectivity index (χ2n) is 5.67. The van der Waals surface area contributed by atoms with Crippen LogP contribution in [0.3, 0.4) is 0 Å². The van der Waals surface area contributed by atoms with Crippen LogP contribution in [0.25, 0.3) is 0 Å². The number of rotatable bonds is 3. The summed E-state index contributed by atoms with van der Waals surface area (Å²) < 4.78 is 0.905. The van der Waals surface area contributed by atoms with Gasteiger partial charge >= 0.3 is 0 Å². The lowest BCUT2D eigenvalue weighted by Gasteiger charge is -2.30. The number of aliphatic imine (C=N–C) groups is 1. The van der Waals surface area contributed by atoms with E-state index in [9.17, 15) is 5.26 Å². The summed E-state index contributed by atoms with van der Waals surface area (Å²) in [5.41, 5.74) is 2.65. The molecule has 0 bridgehead atoms. The van der Waals surface area contributed by atoms with E-state index in [4.69, 9.17) is 4.99 Å². The van der Waals surface area contributed by atoms with Crippen LogP contribution in [-0.4, -0.2) is 17.3 Å². The number of nitrogens with zero attached hydrogens (tertiary/aromatic N) is 3. The van der Waals surface area contributed by atoms with Crippen molar-refractivity contribution in [2.75, 3.05) is 6.54 Å². The average molecular weight is 368 g/mol. The molecule has 0 unspecified atom stereocenters. The number of hydrogen-bond donors (Lipinski definition) is 0. The summed E-state index contributed by atoms with van der Waals surface area (Å²) in [7, 11) is 0. The first-order valence-corrected chi connectivity index (χ1v) is 8.61. The molecule has 2 aromatic carbocycles. The van der Waals surface area contributed by atoms with Crippen LogP contribution < -0.4 is 0 Å². The Hall–Kier alpha value is -2.12. The number of halogens is 1. The Morgan fingerprint density at radius 3 is 2.74 bits per heavy atom. The lowest BCUT2D eigenvalue weighted by Crippen LogP contribution is -2.34. The topological polar surface area (TPSA) is 39.4 Å². The van der Waals surface area contributed by atoms with Crippen LogP contribution in [0, 0.1) is 11.3 Å². The first-order valence-electron chi connectivity index (χ1n) is 7.82. The van der Waals surface area contributed by atoms with E-state index in [-0.39, 0.29) is 0 Å². The monoisotopic (exact) mass is 367 g/mol. The normalized spacial score (nSPS) is 16.3. The molecule has 3 rings (SSSR count). The minimum absolute atomic E-state index is 0.608. The molecule has 1 heterocycles. The summed E-state index contributed by atoms with van der Waals surface area (Å²) in [6.45, 7) is 1.89. The Morgan fingerprint density at radius 1 is 1.13 bits per heavy atom. The van der Waals surface area contributed by atoms with Crippen molar-refractivity contribution >= 4 is 27.5 Å². The number of amidine groups is 1. The van der Waals surface area contributed by atoms with E-state index in [0.717, 1.165) is 41.9 Å².